The highest BCUT2D eigenvalue weighted by Gasteiger charge is 2.63. The van der Waals surface area contributed by atoms with E-state index in [0.717, 1.165) is 18.2 Å². The number of aryl methyl sites for hydroxylation is 1. The van der Waals surface area contributed by atoms with Crippen LogP contribution in [0.5, 0.6) is 0 Å². The van der Waals surface area contributed by atoms with Crippen LogP contribution in [0.15, 0.2) is 34.5 Å². The number of methoxy groups -OCH3 is 1. The van der Waals surface area contributed by atoms with Crippen LogP contribution in [0, 0.1) is 6.92 Å². The number of H-pyrrole nitrogens is 1. The molecule has 0 radical (unpaired) electrons. The van der Waals surface area contributed by atoms with E-state index in [2.05, 4.69) is 30.0 Å². The van der Waals surface area contributed by atoms with E-state index >= 15 is 0 Å². The number of nitrogens with one attached hydrogen (secondary N) is 3. The lowest BCUT2D eigenvalue weighted by atomic mass is 10.0. The van der Waals surface area contributed by atoms with Gasteiger partial charge in [-0.2, -0.15) is 31.4 Å². The summed E-state index contributed by atoms with van der Waals surface area (Å²) in [6, 6.07) is 3.59. The Balaban J connectivity index is 1.78. The number of esters is 1. The number of hydrogen-bond donors (Lipinski definition) is 4. The van der Waals surface area contributed by atoms with Crippen LogP contribution in [0.3, 0.4) is 0 Å². The Kier molecular flexibility index (Phi) is 8.35. The van der Waals surface area contributed by atoms with Crippen LogP contribution in [0.1, 0.15) is 23.2 Å². The lowest BCUT2D eigenvalue weighted by Gasteiger charge is -2.26. The first kappa shape index (κ1) is 30.3. The maximum atomic E-state index is 13.7. The molecule has 3 rings (SSSR count). The maximum Gasteiger partial charge on any atom is 0.433 e. The van der Waals surface area contributed by atoms with E-state index in [9.17, 15) is 44.7 Å². The summed E-state index contributed by atoms with van der Waals surface area (Å²) in [5.74, 6) is -1.62. The lowest BCUT2D eigenvalue weighted by Crippen LogP contribution is -2.49. The number of thiophene rings is 1. The van der Waals surface area contributed by atoms with Gasteiger partial charge < -0.3 is 15.2 Å². The third kappa shape index (κ3) is 6.34. The molecule has 3 aromatic rings. The number of benzene rings is 1. The molecule has 18 heteroatoms. The zero-order valence-electron chi connectivity index (χ0n) is 20.2. The molecule has 0 amide bonds. The average molecular weight is 602 g/mol. The second-order valence-electron chi connectivity index (χ2n) is 8.22. The average Bonchev–Trinajstić information content (AvgIpc) is 3.50. The number of anilines is 1. The van der Waals surface area contributed by atoms with E-state index in [1.807, 2.05) is 0 Å². The van der Waals surface area contributed by atoms with Gasteiger partial charge in [-0.3, -0.25) is 5.10 Å². The Morgan fingerprint density at radius 3 is 2.38 bits per heavy atom. The van der Waals surface area contributed by atoms with Crippen molar-refractivity contribution in [3.8, 4) is 11.4 Å². The monoisotopic (exact) mass is 601 g/mol. The first-order chi connectivity index (χ1) is 17.9. The first-order valence-electron chi connectivity index (χ1n) is 10.7. The summed E-state index contributed by atoms with van der Waals surface area (Å²) < 4.78 is 112. The van der Waals surface area contributed by atoms with Gasteiger partial charge in [-0.1, -0.05) is 0 Å². The second-order valence-corrected chi connectivity index (χ2v) is 11.2. The molecule has 0 fully saturated rings. The second kappa shape index (κ2) is 10.7. The largest absolute Gasteiger partial charge is 0.466 e. The molecule has 0 aliphatic rings. The van der Waals surface area contributed by atoms with Crippen LogP contribution >= 0.6 is 11.3 Å². The predicted molar refractivity (Wildman–Crippen MR) is 126 cm³/mol. The lowest BCUT2D eigenvalue weighted by molar-refractivity contribution is -0.265. The smallest absolute Gasteiger partial charge is 0.433 e. The Morgan fingerprint density at radius 1 is 1.18 bits per heavy atom. The van der Waals surface area contributed by atoms with Crippen LogP contribution in [-0.2, 0) is 31.3 Å². The van der Waals surface area contributed by atoms with Crippen LogP contribution in [0.4, 0.5) is 32.0 Å². The molecule has 0 saturated carbocycles. The molecule has 2 heterocycles. The molecular weight excluding hydrogens is 580 g/mol. The van der Waals surface area contributed by atoms with E-state index in [0.29, 0.717) is 19.0 Å². The molecule has 0 spiro atoms. The Hall–Kier alpha value is -3.22. The number of hydrogen-bond acceptors (Lipinski definition) is 9. The minimum Gasteiger partial charge on any atom is -0.466 e. The van der Waals surface area contributed by atoms with Crippen molar-refractivity contribution in [1.29, 1.82) is 0 Å². The molecule has 214 valence electrons. The van der Waals surface area contributed by atoms with Crippen LogP contribution in [0.25, 0.3) is 11.4 Å². The van der Waals surface area contributed by atoms with Crippen molar-refractivity contribution in [1.82, 2.24) is 19.9 Å². The number of rotatable bonds is 9. The number of aliphatic hydroxyl groups is 1. The number of ether oxygens (including phenoxy) is 1. The van der Waals surface area contributed by atoms with Gasteiger partial charge in [0.05, 0.1) is 17.6 Å². The summed E-state index contributed by atoms with van der Waals surface area (Å²) in [5.41, 5.74) is -5.44. The van der Waals surface area contributed by atoms with Crippen molar-refractivity contribution < 1.29 is 49.4 Å². The molecule has 1 unspecified atom stereocenters. The molecule has 0 saturated heterocycles. The third-order valence-electron chi connectivity index (χ3n) is 5.23. The molecule has 2 atom stereocenters. The summed E-state index contributed by atoms with van der Waals surface area (Å²) in [6.07, 6.45) is -10.3. The van der Waals surface area contributed by atoms with E-state index in [1.165, 1.54) is 13.0 Å². The molecule has 2 aromatic heterocycles. The summed E-state index contributed by atoms with van der Waals surface area (Å²) in [5, 5.41) is 18.9. The highest BCUT2D eigenvalue weighted by Crippen LogP contribution is 2.43. The number of sulfonamides is 1. The van der Waals surface area contributed by atoms with Gasteiger partial charge in [0.1, 0.15) is 10.0 Å². The molecule has 10 nitrogen and oxygen atoms in total. The predicted octanol–water partition coefficient (Wildman–Crippen LogP) is 3.56. The molecule has 0 bridgehead atoms. The van der Waals surface area contributed by atoms with Crippen molar-refractivity contribution in [2.45, 2.75) is 42.1 Å². The number of nitrogens with zero attached hydrogens (tertiary/aromatic N) is 2. The van der Waals surface area contributed by atoms with Crippen LogP contribution < -0.4 is 10.0 Å². The van der Waals surface area contributed by atoms with E-state index in [4.69, 9.17) is 0 Å². The summed E-state index contributed by atoms with van der Waals surface area (Å²) >= 11 is -0.0240. The third-order valence-corrected chi connectivity index (χ3v) is 8.50. The van der Waals surface area contributed by atoms with Gasteiger partial charge in [0.25, 0.3) is 5.60 Å². The van der Waals surface area contributed by atoms with Gasteiger partial charge in [-0.25, -0.2) is 22.9 Å². The van der Waals surface area contributed by atoms with Crippen molar-refractivity contribution >= 4 is 33.0 Å². The van der Waals surface area contributed by atoms with E-state index < -0.39 is 54.6 Å². The number of halogens is 6. The van der Waals surface area contributed by atoms with Gasteiger partial charge in [0.15, 0.2) is 5.82 Å². The van der Waals surface area contributed by atoms with Gasteiger partial charge in [0.2, 0.25) is 10.0 Å². The summed E-state index contributed by atoms with van der Waals surface area (Å²) in [7, 11) is -3.89. The topological polar surface area (TPSA) is 146 Å². The zero-order valence-corrected chi connectivity index (χ0v) is 21.9. The minimum absolute atomic E-state index is 0.0240. The fourth-order valence-corrected chi connectivity index (χ4v) is 6.00. The fraction of sp³-hybridized carbons (Fsp3) is 0.381. The van der Waals surface area contributed by atoms with Crippen molar-refractivity contribution in [2.24, 2.45) is 0 Å². The molecule has 1 aromatic carbocycles. The van der Waals surface area contributed by atoms with Crippen LogP contribution in [0.2, 0.25) is 0 Å². The molecule has 39 heavy (non-hydrogen) atoms. The highest BCUT2D eigenvalue weighted by atomic mass is 32.2. The Morgan fingerprint density at radius 2 is 1.85 bits per heavy atom. The Labute approximate surface area is 221 Å². The first-order valence-corrected chi connectivity index (χ1v) is 13.0. The molecule has 4 N–H and O–H groups in total. The Bertz CT molecular complexity index is 1450. The fourth-order valence-electron chi connectivity index (χ4n) is 3.33. The molecule has 0 aliphatic heterocycles. The van der Waals surface area contributed by atoms with E-state index in [1.54, 1.807) is 6.92 Å². The highest BCUT2D eigenvalue weighted by molar-refractivity contribution is 7.91. The number of carbonyl (C=O) groups excluding carboxylic acids is 1. The molecule has 0 aliphatic carbocycles. The number of aromatic amines is 1. The molecular formula is C21H21F6N5O5S2. The standard InChI is InChI=1S/C21H21F6N5O5S2/c1-10(9-28-14-5-4-12(8-13(14)20(22,23)24)17-29-11(2)30-31-17)32-39(35,36)16-7-6-15(38-16)19(34,18(33)37-3)21(25,26)27/h4-8,10,28,32,34H,9H2,1-3H3,(H,29,30,31)/t10-,19?/m1/s1. The van der Waals surface area contributed by atoms with E-state index in [-0.39, 0.29) is 35.0 Å². The van der Waals surface area contributed by atoms with Gasteiger partial charge >= 0.3 is 18.3 Å². The summed E-state index contributed by atoms with van der Waals surface area (Å²) in [6.45, 7) is 2.53. The number of carbonyl (C=O) groups is 1. The van der Waals surface area contributed by atoms with Crippen molar-refractivity contribution in [2.75, 3.05) is 19.0 Å². The van der Waals surface area contributed by atoms with Crippen molar-refractivity contribution in [3.63, 3.8) is 0 Å². The van der Waals surface area contributed by atoms with Gasteiger partial charge in [-0.15, -0.1) is 11.3 Å². The quantitative estimate of drug-likeness (QED) is 0.215. The summed E-state index contributed by atoms with van der Waals surface area (Å²) in [4.78, 5) is 14.6. The normalized spacial score (nSPS) is 15.0. The van der Waals surface area contributed by atoms with Gasteiger partial charge in [-0.05, 0) is 44.2 Å². The van der Waals surface area contributed by atoms with Crippen LogP contribution in [-0.4, -0.2) is 60.5 Å². The maximum absolute atomic E-state index is 13.7. The van der Waals surface area contributed by atoms with Gasteiger partial charge in [0, 0.05) is 23.8 Å². The number of aromatic nitrogens is 3. The van der Waals surface area contributed by atoms with Crippen molar-refractivity contribution in [3.05, 3.63) is 46.6 Å². The number of alkyl halides is 6. The minimum atomic E-state index is -5.52. The SMILES string of the molecule is COC(=O)C(O)(c1ccc(S(=O)(=O)N[C@H](C)CNc2ccc(-c3n[nH]c(C)n3)cc2C(F)(F)F)s1)C(F)(F)F. The zero-order chi connectivity index (χ0) is 29.4.